The molecule has 2 aromatic carbocycles. The number of piperidine rings is 1. The van der Waals surface area contributed by atoms with Crippen molar-refractivity contribution in [3.63, 3.8) is 0 Å². The third-order valence-electron chi connectivity index (χ3n) is 8.97. The molecule has 3 aliphatic rings. The van der Waals surface area contributed by atoms with Gasteiger partial charge in [0.05, 0.1) is 11.6 Å². The minimum atomic E-state index is -0.962. The standard InChI is InChI=1S/C34H44N6O3.ClH/c1-24-31(21-36-37-24)26-11-9-25(10-12-26)22-40(28-13-14-28)32(41)27-6-5-17-39(23-27)29-7-4-8-30(20-29)43-34(2,3)33(42)38-18-15-35-16-19-38;/h4,7-12,20-21,27-28,35H,5-6,13-19,22-23H2,1-3H3,(H,36,37);1H/t27-;/m1./s1. The van der Waals surface area contributed by atoms with Crippen LogP contribution in [0, 0.1) is 12.8 Å². The van der Waals surface area contributed by atoms with Crippen molar-refractivity contribution in [2.45, 2.75) is 64.6 Å². The van der Waals surface area contributed by atoms with E-state index in [1.54, 1.807) is 0 Å². The lowest BCUT2D eigenvalue weighted by atomic mass is 9.95. The predicted octanol–water partition coefficient (Wildman–Crippen LogP) is 4.80. The van der Waals surface area contributed by atoms with E-state index in [2.05, 4.69) is 55.6 Å². The van der Waals surface area contributed by atoms with Gasteiger partial charge in [0.1, 0.15) is 5.75 Å². The number of hydrogen-bond donors (Lipinski definition) is 2. The molecule has 1 atom stereocenters. The zero-order chi connectivity index (χ0) is 30.0. The molecule has 0 unspecified atom stereocenters. The maximum Gasteiger partial charge on any atom is 0.266 e. The Balaban J connectivity index is 0.00000384. The average molecular weight is 621 g/mol. The molecule has 2 saturated heterocycles. The molecule has 1 saturated carbocycles. The van der Waals surface area contributed by atoms with Crippen molar-refractivity contribution in [3.05, 3.63) is 66.0 Å². The molecule has 6 rings (SSSR count). The zero-order valence-corrected chi connectivity index (χ0v) is 26.9. The van der Waals surface area contributed by atoms with Crippen molar-refractivity contribution in [2.75, 3.05) is 44.2 Å². The largest absolute Gasteiger partial charge is 0.478 e. The first-order valence-corrected chi connectivity index (χ1v) is 15.7. The number of rotatable bonds is 9. The average Bonchev–Trinajstić information content (AvgIpc) is 3.79. The van der Waals surface area contributed by atoms with Crippen LogP contribution >= 0.6 is 12.4 Å². The topological polar surface area (TPSA) is 93.8 Å². The monoisotopic (exact) mass is 620 g/mol. The molecule has 2 N–H and O–H groups in total. The number of halogens is 1. The molecule has 3 heterocycles. The van der Waals surface area contributed by atoms with Crippen LogP contribution in [0.25, 0.3) is 11.1 Å². The van der Waals surface area contributed by atoms with Gasteiger partial charge in [0.15, 0.2) is 5.60 Å². The first-order valence-electron chi connectivity index (χ1n) is 15.7. The number of benzene rings is 2. The third-order valence-corrected chi connectivity index (χ3v) is 8.97. The molecule has 44 heavy (non-hydrogen) atoms. The summed E-state index contributed by atoms with van der Waals surface area (Å²) in [5, 5.41) is 10.5. The summed E-state index contributed by atoms with van der Waals surface area (Å²) >= 11 is 0. The minimum Gasteiger partial charge on any atom is -0.478 e. The van der Waals surface area contributed by atoms with Crippen LogP contribution in [-0.4, -0.2) is 82.7 Å². The number of anilines is 1. The van der Waals surface area contributed by atoms with E-state index >= 15 is 0 Å². The van der Waals surface area contributed by atoms with Crippen LogP contribution in [-0.2, 0) is 16.1 Å². The summed E-state index contributed by atoms with van der Waals surface area (Å²) in [7, 11) is 0. The molecule has 1 aliphatic carbocycles. The molecule has 236 valence electrons. The number of nitrogens with one attached hydrogen (secondary N) is 2. The van der Waals surface area contributed by atoms with Crippen molar-refractivity contribution in [2.24, 2.45) is 5.92 Å². The van der Waals surface area contributed by atoms with Gasteiger partial charge in [-0.15, -0.1) is 12.4 Å². The molecule has 9 nitrogen and oxygen atoms in total. The number of piperazine rings is 1. The molecule has 3 aromatic rings. The number of hydrogen-bond acceptors (Lipinski definition) is 6. The van der Waals surface area contributed by atoms with Gasteiger partial charge in [-0.1, -0.05) is 30.3 Å². The Labute approximate surface area is 266 Å². The van der Waals surface area contributed by atoms with Gasteiger partial charge in [-0.3, -0.25) is 14.7 Å². The zero-order valence-electron chi connectivity index (χ0n) is 26.1. The lowest BCUT2D eigenvalue weighted by Gasteiger charge is -2.37. The number of aromatic nitrogens is 2. The second-order valence-corrected chi connectivity index (χ2v) is 12.7. The van der Waals surface area contributed by atoms with Crippen LogP contribution < -0.4 is 15.0 Å². The van der Waals surface area contributed by atoms with E-state index in [0.717, 1.165) is 73.4 Å². The van der Waals surface area contributed by atoms with Crippen molar-refractivity contribution in [1.29, 1.82) is 0 Å². The van der Waals surface area contributed by atoms with Gasteiger partial charge in [-0.25, -0.2) is 0 Å². The quantitative estimate of drug-likeness (QED) is 0.357. The number of ether oxygens (including phenoxy) is 1. The lowest BCUT2D eigenvalue weighted by Crippen LogP contribution is -2.54. The Bertz CT molecular complexity index is 1430. The van der Waals surface area contributed by atoms with Gasteiger partial charge < -0.3 is 24.8 Å². The van der Waals surface area contributed by atoms with Crippen LogP contribution in [0.2, 0.25) is 0 Å². The fourth-order valence-corrected chi connectivity index (χ4v) is 6.39. The highest BCUT2D eigenvalue weighted by Gasteiger charge is 2.38. The van der Waals surface area contributed by atoms with Crippen molar-refractivity contribution >= 4 is 29.9 Å². The van der Waals surface area contributed by atoms with Gasteiger partial charge in [-0.05, 0) is 69.7 Å². The molecule has 10 heteroatoms. The Morgan fingerprint density at radius 1 is 1.05 bits per heavy atom. The summed E-state index contributed by atoms with van der Waals surface area (Å²) < 4.78 is 6.29. The molecule has 1 aromatic heterocycles. The number of amides is 2. The maximum absolute atomic E-state index is 14.0. The predicted molar refractivity (Wildman–Crippen MR) is 175 cm³/mol. The van der Waals surface area contributed by atoms with Gasteiger partial charge in [-0.2, -0.15) is 5.10 Å². The molecule has 0 spiro atoms. The van der Waals surface area contributed by atoms with Crippen LogP contribution in [0.15, 0.2) is 54.7 Å². The van der Waals surface area contributed by atoms with E-state index in [1.165, 1.54) is 0 Å². The second kappa shape index (κ2) is 13.6. The van der Waals surface area contributed by atoms with E-state index in [-0.39, 0.29) is 30.1 Å². The van der Waals surface area contributed by atoms with Gasteiger partial charge in [0, 0.05) is 75.4 Å². The second-order valence-electron chi connectivity index (χ2n) is 12.7. The molecule has 0 radical (unpaired) electrons. The molecule has 3 fully saturated rings. The SMILES string of the molecule is Cc1n[nH]cc1-c1ccc(CN(C(=O)[C@@H]2CCCN(c3cccc(OC(C)(C)C(=O)N4CCNCC4)c3)C2)C2CC2)cc1.Cl. The van der Waals surface area contributed by atoms with Crippen LogP contribution in [0.1, 0.15) is 50.8 Å². The Kier molecular flexibility index (Phi) is 9.85. The normalized spacial score (nSPS) is 18.8. The summed E-state index contributed by atoms with van der Waals surface area (Å²) in [6.45, 7) is 10.9. The highest BCUT2D eigenvalue weighted by Crippen LogP contribution is 2.34. The van der Waals surface area contributed by atoms with E-state index in [9.17, 15) is 9.59 Å². The first kappa shape index (κ1) is 31.9. The highest BCUT2D eigenvalue weighted by atomic mass is 35.5. The van der Waals surface area contributed by atoms with Crippen LogP contribution in [0.5, 0.6) is 5.75 Å². The van der Waals surface area contributed by atoms with Gasteiger partial charge in [0.2, 0.25) is 5.91 Å². The summed E-state index contributed by atoms with van der Waals surface area (Å²) in [6, 6.07) is 16.8. The smallest absolute Gasteiger partial charge is 0.266 e. The fourth-order valence-electron chi connectivity index (χ4n) is 6.39. The fraction of sp³-hybridized carbons (Fsp3) is 0.500. The van der Waals surface area contributed by atoms with E-state index in [0.29, 0.717) is 38.0 Å². The van der Waals surface area contributed by atoms with Gasteiger partial charge in [0.25, 0.3) is 5.91 Å². The van der Waals surface area contributed by atoms with E-state index < -0.39 is 5.60 Å². The number of nitrogens with zero attached hydrogens (tertiary/aromatic N) is 4. The number of H-pyrrole nitrogens is 1. The highest BCUT2D eigenvalue weighted by molar-refractivity contribution is 5.85. The number of aromatic amines is 1. The van der Waals surface area contributed by atoms with E-state index in [1.807, 2.05) is 50.1 Å². The minimum absolute atomic E-state index is 0. The van der Waals surface area contributed by atoms with Crippen LogP contribution in [0.4, 0.5) is 5.69 Å². The summed E-state index contributed by atoms with van der Waals surface area (Å²) in [5.74, 6) is 0.900. The first-order chi connectivity index (χ1) is 20.8. The molecule has 2 amide bonds. The van der Waals surface area contributed by atoms with Gasteiger partial charge >= 0.3 is 0 Å². The maximum atomic E-state index is 14.0. The number of carbonyl (C=O) groups is 2. The summed E-state index contributed by atoms with van der Waals surface area (Å²) in [6.07, 6.45) is 5.95. The van der Waals surface area contributed by atoms with E-state index in [4.69, 9.17) is 4.74 Å². The van der Waals surface area contributed by atoms with Crippen LogP contribution in [0.3, 0.4) is 0 Å². The molecule has 2 aliphatic heterocycles. The molecule has 0 bridgehead atoms. The lowest BCUT2D eigenvalue weighted by molar-refractivity contribution is -0.146. The number of carbonyl (C=O) groups excluding carboxylic acids is 2. The van der Waals surface area contributed by atoms with Crippen molar-refractivity contribution in [3.8, 4) is 16.9 Å². The molecular formula is C34H45ClN6O3. The Hall–Kier alpha value is -3.56. The Morgan fingerprint density at radius 3 is 2.48 bits per heavy atom. The summed E-state index contributed by atoms with van der Waals surface area (Å²) in [5.41, 5.74) is 4.44. The number of aryl methyl sites for hydroxylation is 1. The van der Waals surface area contributed by atoms with Crippen molar-refractivity contribution in [1.82, 2.24) is 25.3 Å². The Morgan fingerprint density at radius 2 is 1.80 bits per heavy atom. The summed E-state index contributed by atoms with van der Waals surface area (Å²) in [4.78, 5) is 33.4. The molecular weight excluding hydrogens is 576 g/mol. The van der Waals surface area contributed by atoms with Crippen molar-refractivity contribution < 1.29 is 14.3 Å². The third kappa shape index (κ3) is 7.21.